The second kappa shape index (κ2) is 14.7. The van der Waals surface area contributed by atoms with Gasteiger partial charge in [0.2, 0.25) is 5.16 Å². The maximum atomic E-state index is 14.2. The minimum Gasteiger partial charge on any atom is -0.497 e. The Balaban J connectivity index is 1.41. The van der Waals surface area contributed by atoms with Gasteiger partial charge in [0.1, 0.15) is 17.5 Å². The number of H-pyrrole nitrogens is 1. The van der Waals surface area contributed by atoms with Gasteiger partial charge in [0.25, 0.3) is 11.2 Å². The maximum Gasteiger partial charge on any atom is 0.338 e. The van der Waals surface area contributed by atoms with Crippen LogP contribution in [0, 0.1) is 10.1 Å². The van der Waals surface area contributed by atoms with E-state index >= 15 is 0 Å². The number of nitrogens with zero attached hydrogens (tertiary/aromatic N) is 5. The molecule has 0 unspecified atom stereocenters. The van der Waals surface area contributed by atoms with Gasteiger partial charge in [0, 0.05) is 22.2 Å². The first kappa shape index (κ1) is 35.9. The van der Waals surface area contributed by atoms with Gasteiger partial charge in [0.15, 0.2) is 10.6 Å². The van der Waals surface area contributed by atoms with Crippen molar-refractivity contribution in [2.45, 2.75) is 43.0 Å². The lowest BCUT2D eigenvalue weighted by molar-refractivity contribution is -0.387. The summed E-state index contributed by atoms with van der Waals surface area (Å²) in [5.74, 6) is 0.640. The molecule has 51 heavy (non-hydrogen) atoms. The minimum atomic E-state index is -0.971. The van der Waals surface area contributed by atoms with E-state index in [-0.39, 0.29) is 25.8 Å². The number of nitro groups is 1. The average molecular weight is 768 g/mol. The van der Waals surface area contributed by atoms with Gasteiger partial charge < -0.3 is 14.2 Å². The molecule has 6 rings (SSSR count). The summed E-state index contributed by atoms with van der Waals surface area (Å²) in [7, 11) is 3.00. The van der Waals surface area contributed by atoms with Gasteiger partial charge in [-0.15, -0.1) is 5.10 Å². The Morgan fingerprint density at radius 3 is 2.59 bits per heavy atom. The van der Waals surface area contributed by atoms with E-state index in [0.29, 0.717) is 54.6 Å². The van der Waals surface area contributed by atoms with Crippen LogP contribution in [-0.2, 0) is 9.53 Å². The van der Waals surface area contributed by atoms with Crippen molar-refractivity contribution in [3.8, 4) is 22.9 Å². The van der Waals surface area contributed by atoms with Crippen LogP contribution in [0.25, 0.3) is 17.5 Å². The van der Waals surface area contributed by atoms with Crippen molar-refractivity contribution in [3.05, 3.63) is 117 Å². The molecule has 0 saturated carbocycles. The summed E-state index contributed by atoms with van der Waals surface area (Å²) >= 11 is 14.4. The summed E-state index contributed by atoms with van der Waals surface area (Å²) in [6.45, 7) is 5.13. The van der Waals surface area contributed by atoms with Crippen molar-refractivity contribution in [1.29, 1.82) is 0 Å². The molecule has 5 aromatic rings. The third-order valence-corrected chi connectivity index (χ3v) is 10.1. The van der Waals surface area contributed by atoms with Gasteiger partial charge in [-0.3, -0.25) is 24.6 Å². The SMILES string of the molecule is COc1ccc(OC)c([C@@H]2C(C(=O)OC(C)C)=C(C)N=c3s/c(=C\c4ccc(Sc5n[nH]c(-c6ccc(Cl)cc6Cl)n5)c([N+](=O)[O-])c4)c(=O)n32)c1. The number of fused-ring (bicyclic) bond motifs is 1. The molecule has 1 atom stereocenters. The molecular weight excluding hydrogens is 739 g/mol. The highest BCUT2D eigenvalue weighted by atomic mass is 35.5. The molecule has 0 aliphatic carbocycles. The highest BCUT2D eigenvalue weighted by Crippen LogP contribution is 2.39. The van der Waals surface area contributed by atoms with E-state index in [1.165, 1.54) is 24.9 Å². The third kappa shape index (κ3) is 7.28. The molecule has 0 bridgehead atoms. The zero-order valence-electron chi connectivity index (χ0n) is 27.6. The number of carbonyl (C=O) groups excluding carboxylic acids is 1. The Morgan fingerprint density at radius 2 is 1.90 bits per heavy atom. The van der Waals surface area contributed by atoms with Crippen LogP contribution in [0.1, 0.15) is 37.9 Å². The van der Waals surface area contributed by atoms with E-state index in [1.807, 2.05) is 0 Å². The Hall–Kier alpha value is -4.96. The predicted molar refractivity (Wildman–Crippen MR) is 194 cm³/mol. The quantitative estimate of drug-likeness (QED) is 0.0962. The number of hydrogen-bond acceptors (Lipinski definition) is 12. The molecule has 1 aliphatic rings. The molecule has 1 N–H and O–H groups in total. The zero-order chi connectivity index (χ0) is 36.6. The lowest BCUT2D eigenvalue weighted by Gasteiger charge is -2.26. The molecule has 0 fully saturated rings. The van der Waals surface area contributed by atoms with E-state index in [2.05, 4.69) is 20.2 Å². The maximum absolute atomic E-state index is 14.2. The number of hydrogen-bond donors (Lipinski definition) is 1. The minimum absolute atomic E-state index is 0.166. The van der Waals surface area contributed by atoms with Gasteiger partial charge in [0.05, 0.1) is 51.0 Å². The molecule has 17 heteroatoms. The number of aromatic nitrogens is 4. The molecule has 0 radical (unpaired) electrons. The summed E-state index contributed by atoms with van der Waals surface area (Å²) in [5, 5.41) is 20.3. The second-order valence-electron chi connectivity index (χ2n) is 11.3. The molecule has 3 aromatic carbocycles. The number of methoxy groups -OCH3 is 2. The fourth-order valence-corrected chi connectivity index (χ4v) is 7.75. The van der Waals surface area contributed by atoms with Crippen LogP contribution in [0.5, 0.6) is 11.5 Å². The summed E-state index contributed by atoms with van der Waals surface area (Å²) in [6, 6.07) is 13.6. The van der Waals surface area contributed by atoms with Gasteiger partial charge in [-0.2, -0.15) is 0 Å². The van der Waals surface area contributed by atoms with Crippen molar-refractivity contribution in [2.24, 2.45) is 4.99 Å². The fraction of sp³-hybridized carbons (Fsp3) is 0.206. The highest BCUT2D eigenvalue weighted by Gasteiger charge is 2.36. The summed E-state index contributed by atoms with van der Waals surface area (Å²) in [4.78, 5) is 49.1. The lowest BCUT2D eigenvalue weighted by Crippen LogP contribution is -2.40. The van der Waals surface area contributed by atoms with Crippen molar-refractivity contribution in [3.63, 3.8) is 0 Å². The molecule has 1 aliphatic heterocycles. The molecule has 2 aromatic heterocycles. The number of allylic oxidation sites excluding steroid dienone is 1. The third-order valence-electron chi connectivity index (χ3n) is 7.65. The Morgan fingerprint density at radius 1 is 1.12 bits per heavy atom. The monoisotopic (exact) mass is 766 g/mol. The first-order valence-electron chi connectivity index (χ1n) is 15.2. The van der Waals surface area contributed by atoms with Crippen LogP contribution in [0.2, 0.25) is 10.0 Å². The molecule has 262 valence electrons. The normalized spacial score (nSPS) is 14.4. The Labute approximate surface area is 308 Å². The van der Waals surface area contributed by atoms with Crippen molar-refractivity contribution in [2.75, 3.05) is 14.2 Å². The van der Waals surface area contributed by atoms with E-state index in [0.717, 1.165) is 23.1 Å². The molecule has 3 heterocycles. The van der Waals surface area contributed by atoms with Crippen molar-refractivity contribution < 1.29 is 23.9 Å². The average Bonchev–Trinajstić information content (AvgIpc) is 3.67. The predicted octanol–water partition coefficient (Wildman–Crippen LogP) is 6.36. The number of nitrogens with one attached hydrogen (secondary N) is 1. The van der Waals surface area contributed by atoms with Crippen molar-refractivity contribution >= 4 is 64.0 Å². The Bertz CT molecular complexity index is 2420. The number of aromatic amines is 1. The molecule has 0 amide bonds. The van der Waals surface area contributed by atoms with Gasteiger partial charge in [-0.1, -0.05) is 40.6 Å². The van der Waals surface area contributed by atoms with E-state index < -0.39 is 28.6 Å². The van der Waals surface area contributed by atoms with E-state index in [4.69, 9.17) is 37.4 Å². The number of ether oxygens (including phenoxy) is 3. The van der Waals surface area contributed by atoms with Crippen molar-refractivity contribution in [1.82, 2.24) is 19.7 Å². The number of benzene rings is 3. The van der Waals surface area contributed by atoms with Gasteiger partial charge >= 0.3 is 5.97 Å². The number of halogens is 2. The number of esters is 1. The zero-order valence-corrected chi connectivity index (χ0v) is 30.7. The smallest absolute Gasteiger partial charge is 0.338 e. The largest absolute Gasteiger partial charge is 0.497 e. The van der Waals surface area contributed by atoms with Crippen LogP contribution in [0.4, 0.5) is 5.69 Å². The van der Waals surface area contributed by atoms with Crippen LogP contribution in [0.3, 0.4) is 0 Å². The number of carbonyl (C=O) groups is 1. The summed E-state index contributed by atoms with van der Waals surface area (Å²) in [5.41, 5.74) is 1.30. The number of rotatable bonds is 10. The highest BCUT2D eigenvalue weighted by molar-refractivity contribution is 7.99. The lowest BCUT2D eigenvalue weighted by atomic mass is 9.94. The number of nitro benzene ring substituents is 1. The molecule has 0 saturated heterocycles. The van der Waals surface area contributed by atoms with E-state index in [1.54, 1.807) is 75.4 Å². The number of thiazole rings is 1. The van der Waals surface area contributed by atoms with Crippen LogP contribution in [-0.4, -0.2) is 51.0 Å². The first-order valence-corrected chi connectivity index (χ1v) is 17.6. The van der Waals surface area contributed by atoms with Gasteiger partial charge in [-0.25, -0.2) is 14.8 Å². The van der Waals surface area contributed by atoms with Gasteiger partial charge in [-0.05, 0) is 86.6 Å². The Kier molecular flexibility index (Phi) is 10.3. The molecule has 0 spiro atoms. The summed E-state index contributed by atoms with van der Waals surface area (Å²) in [6.07, 6.45) is 1.12. The standard InChI is InChI=1S/C34H28Cl2N6O7S2/c1-16(2)49-32(44)28-17(3)37-34-41(29(28)22-15-20(47-4)8-10-25(22)48-5)31(43)27(51-34)13-18-6-11-26(24(12-18)42(45)46)50-33-38-30(39-40-33)21-9-7-19(35)14-23(21)36/h6-16,29H,1-5H3,(H,38,39,40)/b27-13-/t29-/m1/s1. The van der Waals surface area contributed by atoms with Crippen LogP contribution in [0.15, 0.2) is 85.7 Å². The van der Waals surface area contributed by atoms with E-state index in [9.17, 15) is 19.7 Å². The van der Waals surface area contributed by atoms with Crippen LogP contribution >= 0.6 is 46.3 Å². The molecule has 13 nitrogen and oxygen atoms in total. The topological polar surface area (TPSA) is 164 Å². The summed E-state index contributed by atoms with van der Waals surface area (Å²) < 4.78 is 18.3. The fourth-order valence-electron chi connectivity index (χ4n) is 5.40. The van der Waals surface area contributed by atoms with Crippen LogP contribution < -0.4 is 24.4 Å². The second-order valence-corrected chi connectivity index (χ2v) is 14.2. The molecular formula is C34H28Cl2N6O7S2. The first-order chi connectivity index (χ1) is 24.4.